The van der Waals surface area contributed by atoms with Crippen molar-refractivity contribution in [3.8, 4) is 0 Å². The number of hydrogen-bond donors (Lipinski definition) is 1. The second-order valence-corrected chi connectivity index (χ2v) is 7.28. The fourth-order valence-corrected chi connectivity index (χ4v) is 3.60. The van der Waals surface area contributed by atoms with Gasteiger partial charge < -0.3 is 4.42 Å². The molecule has 0 atom stereocenters. The Labute approximate surface area is 170 Å². The topological polar surface area (TPSA) is 105 Å². The monoisotopic (exact) mass is 408 g/mol. The highest BCUT2D eigenvalue weighted by Gasteiger charge is 2.30. The number of nitrogens with zero attached hydrogens (tertiary/aromatic N) is 3. The molecule has 0 unspecified atom stereocenters. The highest BCUT2D eigenvalue weighted by Crippen LogP contribution is 2.24. The Morgan fingerprint density at radius 3 is 2.55 bits per heavy atom. The van der Waals surface area contributed by atoms with E-state index in [4.69, 9.17) is 4.42 Å². The molecule has 8 nitrogen and oxygen atoms in total. The molecular formula is C20H16N4O4S. The SMILES string of the molecule is O=C(Nc1nnc(CSc2ccccc2)o1)c1cccc(N2C(=O)CCC2=O)c1. The lowest BCUT2D eigenvalue weighted by molar-refractivity contribution is -0.121. The van der Waals surface area contributed by atoms with E-state index < -0.39 is 5.91 Å². The third-order valence-electron chi connectivity index (χ3n) is 4.21. The van der Waals surface area contributed by atoms with E-state index in [-0.39, 0.29) is 36.2 Å². The first-order valence-corrected chi connectivity index (χ1v) is 9.86. The van der Waals surface area contributed by atoms with Crippen LogP contribution in [0, 0.1) is 0 Å². The molecular weight excluding hydrogens is 392 g/mol. The standard InChI is InChI=1S/C20H16N4O4S/c25-17-9-10-18(26)24(17)14-6-4-5-13(11-14)19(27)21-20-23-22-16(28-20)12-29-15-7-2-1-3-8-15/h1-8,11H,9-10,12H2,(H,21,23,27). The smallest absolute Gasteiger partial charge is 0.322 e. The second-order valence-electron chi connectivity index (χ2n) is 6.23. The van der Waals surface area contributed by atoms with E-state index in [1.807, 2.05) is 30.3 Å². The Balaban J connectivity index is 1.41. The van der Waals surface area contributed by atoms with E-state index in [0.717, 1.165) is 9.80 Å². The number of carbonyl (C=O) groups is 3. The predicted octanol–water partition coefficient (Wildman–Crippen LogP) is 3.27. The van der Waals surface area contributed by atoms with E-state index in [1.54, 1.807) is 30.0 Å². The van der Waals surface area contributed by atoms with Crippen LogP contribution in [0.1, 0.15) is 29.1 Å². The molecule has 1 aliphatic rings. The number of amides is 3. The molecule has 2 heterocycles. The van der Waals surface area contributed by atoms with Crippen LogP contribution in [0.3, 0.4) is 0 Å². The molecule has 29 heavy (non-hydrogen) atoms. The Kier molecular flexibility index (Phi) is 5.39. The zero-order valence-electron chi connectivity index (χ0n) is 15.2. The molecule has 146 valence electrons. The first-order valence-electron chi connectivity index (χ1n) is 8.87. The summed E-state index contributed by atoms with van der Waals surface area (Å²) in [6.07, 6.45) is 0.363. The Morgan fingerprint density at radius 1 is 1.03 bits per heavy atom. The number of aromatic nitrogens is 2. The summed E-state index contributed by atoms with van der Waals surface area (Å²) in [4.78, 5) is 38.5. The summed E-state index contributed by atoms with van der Waals surface area (Å²) >= 11 is 1.54. The van der Waals surface area contributed by atoms with Gasteiger partial charge in [-0.15, -0.1) is 16.9 Å². The van der Waals surface area contributed by atoms with Crippen molar-refractivity contribution in [2.24, 2.45) is 0 Å². The number of hydrogen-bond acceptors (Lipinski definition) is 7. The van der Waals surface area contributed by atoms with E-state index >= 15 is 0 Å². The van der Waals surface area contributed by atoms with Crippen LogP contribution in [-0.2, 0) is 15.3 Å². The normalized spacial score (nSPS) is 13.7. The Hall–Kier alpha value is -3.46. The van der Waals surface area contributed by atoms with Gasteiger partial charge in [-0.3, -0.25) is 24.6 Å². The van der Waals surface area contributed by atoms with Crippen LogP contribution < -0.4 is 10.2 Å². The minimum atomic E-state index is -0.475. The minimum absolute atomic E-state index is 0.0163. The fraction of sp³-hybridized carbons (Fsp3) is 0.150. The minimum Gasteiger partial charge on any atom is -0.407 e. The zero-order valence-corrected chi connectivity index (χ0v) is 16.0. The summed E-state index contributed by atoms with van der Waals surface area (Å²) in [5, 5.41) is 10.3. The molecule has 0 radical (unpaired) electrons. The third-order valence-corrected chi connectivity index (χ3v) is 5.21. The lowest BCUT2D eigenvalue weighted by Gasteiger charge is -2.14. The molecule has 2 aromatic carbocycles. The average molecular weight is 408 g/mol. The maximum atomic E-state index is 12.5. The molecule has 4 rings (SSSR count). The molecule has 1 aromatic heterocycles. The van der Waals surface area contributed by atoms with Gasteiger partial charge in [0.15, 0.2) is 0 Å². The number of thioether (sulfide) groups is 1. The number of benzene rings is 2. The fourth-order valence-electron chi connectivity index (χ4n) is 2.84. The summed E-state index contributed by atoms with van der Waals surface area (Å²) < 4.78 is 5.47. The van der Waals surface area contributed by atoms with Crippen LogP contribution in [0.15, 0.2) is 63.9 Å². The molecule has 0 saturated carbocycles. The number of carbonyl (C=O) groups excluding carboxylic acids is 3. The Bertz CT molecular complexity index is 1050. The quantitative estimate of drug-likeness (QED) is 0.493. The summed E-state index contributed by atoms with van der Waals surface area (Å²) in [7, 11) is 0. The third kappa shape index (κ3) is 4.35. The lowest BCUT2D eigenvalue weighted by Crippen LogP contribution is -2.28. The van der Waals surface area contributed by atoms with E-state index in [9.17, 15) is 14.4 Å². The van der Waals surface area contributed by atoms with Crippen LogP contribution in [0.2, 0.25) is 0 Å². The largest absolute Gasteiger partial charge is 0.407 e. The van der Waals surface area contributed by atoms with Gasteiger partial charge >= 0.3 is 6.01 Å². The van der Waals surface area contributed by atoms with Gasteiger partial charge in [0.2, 0.25) is 17.7 Å². The van der Waals surface area contributed by atoms with E-state index in [1.165, 1.54) is 6.07 Å². The van der Waals surface area contributed by atoms with Crippen molar-refractivity contribution in [3.05, 3.63) is 66.1 Å². The molecule has 3 amide bonds. The van der Waals surface area contributed by atoms with Gasteiger partial charge in [0, 0.05) is 23.3 Å². The average Bonchev–Trinajstić information content (AvgIpc) is 3.33. The summed E-state index contributed by atoms with van der Waals surface area (Å²) in [5.41, 5.74) is 0.643. The zero-order chi connectivity index (χ0) is 20.2. The van der Waals surface area contributed by atoms with Crippen molar-refractivity contribution >= 4 is 41.2 Å². The molecule has 0 bridgehead atoms. The molecule has 0 spiro atoms. The van der Waals surface area contributed by atoms with E-state index in [2.05, 4.69) is 15.5 Å². The molecule has 1 fully saturated rings. The highest BCUT2D eigenvalue weighted by molar-refractivity contribution is 7.98. The van der Waals surface area contributed by atoms with Crippen molar-refractivity contribution in [1.82, 2.24) is 10.2 Å². The number of anilines is 2. The summed E-state index contributed by atoms with van der Waals surface area (Å²) in [6, 6.07) is 16.1. The van der Waals surface area contributed by atoms with Crippen LogP contribution in [0.5, 0.6) is 0 Å². The van der Waals surface area contributed by atoms with Crippen LogP contribution in [0.4, 0.5) is 11.7 Å². The Morgan fingerprint density at radius 2 is 1.79 bits per heavy atom. The first kappa shape index (κ1) is 18.9. The molecule has 3 aromatic rings. The maximum Gasteiger partial charge on any atom is 0.322 e. The highest BCUT2D eigenvalue weighted by atomic mass is 32.2. The van der Waals surface area contributed by atoms with Gasteiger partial charge in [-0.25, -0.2) is 0 Å². The number of imide groups is 1. The van der Waals surface area contributed by atoms with Crippen molar-refractivity contribution < 1.29 is 18.8 Å². The van der Waals surface area contributed by atoms with Crippen molar-refractivity contribution in [1.29, 1.82) is 0 Å². The second kappa shape index (κ2) is 8.27. The summed E-state index contributed by atoms with van der Waals surface area (Å²) in [6.45, 7) is 0. The van der Waals surface area contributed by atoms with Crippen molar-refractivity contribution in [3.63, 3.8) is 0 Å². The molecule has 1 aliphatic heterocycles. The van der Waals surface area contributed by atoms with Gasteiger partial charge in [0.05, 0.1) is 11.4 Å². The first-order chi connectivity index (χ1) is 14.1. The van der Waals surface area contributed by atoms with Crippen molar-refractivity contribution in [2.45, 2.75) is 23.5 Å². The number of rotatable bonds is 6. The molecule has 9 heteroatoms. The molecule has 0 aliphatic carbocycles. The lowest BCUT2D eigenvalue weighted by atomic mass is 10.2. The summed E-state index contributed by atoms with van der Waals surface area (Å²) in [5.74, 6) is -0.162. The van der Waals surface area contributed by atoms with Gasteiger partial charge in [0.25, 0.3) is 5.91 Å². The van der Waals surface area contributed by atoms with Crippen LogP contribution in [0.25, 0.3) is 0 Å². The van der Waals surface area contributed by atoms with Crippen LogP contribution >= 0.6 is 11.8 Å². The van der Waals surface area contributed by atoms with Gasteiger partial charge in [-0.05, 0) is 30.3 Å². The van der Waals surface area contributed by atoms with Gasteiger partial charge in [-0.1, -0.05) is 29.4 Å². The predicted molar refractivity (Wildman–Crippen MR) is 106 cm³/mol. The van der Waals surface area contributed by atoms with Crippen molar-refractivity contribution in [2.75, 3.05) is 10.2 Å². The van der Waals surface area contributed by atoms with E-state index in [0.29, 0.717) is 17.3 Å². The van der Waals surface area contributed by atoms with Gasteiger partial charge in [0.1, 0.15) is 0 Å². The van der Waals surface area contributed by atoms with Gasteiger partial charge in [-0.2, -0.15) is 0 Å². The molecule has 1 N–H and O–H groups in total. The number of nitrogens with one attached hydrogen (secondary N) is 1. The molecule has 1 saturated heterocycles. The van der Waals surface area contributed by atoms with Crippen LogP contribution in [-0.4, -0.2) is 27.9 Å². The maximum absolute atomic E-state index is 12.5.